The van der Waals surface area contributed by atoms with E-state index in [4.69, 9.17) is 0 Å². The third kappa shape index (κ3) is 7.96. The maximum Gasteiger partial charge on any atom is -0.0271 e. The minimum atomic E-state index is 0.392. The molecule has 0 bridgehead atoms. The summed E-state index contributed by atoms with van der Waals surface area (Å²) in [6.45, 7) is 20.6. The molecule has 0 saturated carbocycles. The van der Waals surface area contributed by atoms with Gasteiger partial charge in [0.2, 0.25) is 0 Å². The molecule has 96 valence electrons. The van der Waals surface area contributed by atoms with Crippen LogP contribution >= 0.6 is 0 Å². The van der Waals surface area contributed by atoms with Crippen LogP contribution in [0, 0.1) is 16.7 Å². The highest BCUT2D eigenvalue weighted by atomic mass is 14.3. The van der Waals surface area contributed by atoms with Gasteiger partial charge in [0, 0.05) is 0 Å². The Bertz CT molecular complexity index is 215. The first-order chi connectivity index (χ1) is 7.06. The van der Waals surface area contributed by atoms with Gasteiger partial charge in [-0.25, -0.2) is 0 Å². The van der Waals surface area contributed by atoms with Crippen LogP contribution in [-0.2, 0) is 0 Å². The molecule has 0 aromatic rings. The van der Waals surface area contributed by atoms with Gasteiger partial charge in [-0.3, -0.25) is 0 Å². The van der Waals surface area contributed by atoms with Crippen molar-refractivity contribution in [2.24, 2.45) is 16.7 Å². The molecule has 0 heteroatoms. The highest BCUT2D eigenvalue weighted by Crippen LogP contribution is 2.38. The molecule has 16 heavy (non-hydrogen) atoms. The first-order valence-electron chi connectivity index (χ1n) is 6.72. The van der Waals surface area contributed by atoms with E-state index in [1.807, 2.05) is 0 Å². The second-order valence-corrected chi connectivity index (χ2v) is 7.55. The molecule has 0 radical (unpaired) electrons. The first kappa shape index (κ1) is 15.7. The van der Waals surface area contributed by atoms with Gasteiger partial charge in [0.15, 0.2) is 0 Å². The Morgan fingerprint density at radius 1 is 1.12 bits per heavy atom. The molecule has 0 saturated heterocycles. The van der Waals surface area contributed by atoms with Crippen molar-refractivity contribution in [1.29, 1.82) is 0 Å². The van der Waals surface area contributed by atoms with Crippen LogP contribution in [0.25, 0.3) is 0 Å². The third-order valence-electron chi connectivity index (χ3n) is 3.07. The fourth-order valence-corrected chi connectivity index (χ4v) is 2.88. The predicted octanol–water partition coefficient (Wildman–Crippen LogP) is 5.83. The van der Waals surface area contributed by atoms with Crippen LogP contribution in [0.1, 0.15) is 74.1 Å². The van der Waals surface area contributed by atoms with Gasteiger partial charge >= 0.3 is 0 Å². The van der Waals surface area contributed by atoms with E-state index in [0.717, 1.165) is 5.92 Å². The van der Waals surface area contributed by atoms with Crippen molar-refractivity contribution in [3.05, 3.63) is 12.2 Å². The van der Waals surface area contributed by atoms with Gasteiger partial charge in [0.25, 0.3) is 0 Å². The number of allylic oxidation sites excluding steroid dienone is 1. The first-order valence-corrected chi connectivity index (χ1v) is 6.72. The molecule has 0 fully saturated rings. The minimum Gasteiger partial charge on any atom is -0.0998 e. The summed E-state index contributed by atoms with van der Waals surface area (Å²) in [6, 6.07) is 0. The van der Waals surface area contributed by atoms with E-state index in [1.54, 1.807) is 0 Å². The van der Waals surface area contributed by atoms with Gasteiger partial charge in [0.05, 0.1) is 0 Å². The topological polar surface area (TPSA) is 0 Å². The van der Waals surface area contributed by atoms with Crippen LogP contribution in [0.5, 0.6) is 0 Å². The van der Waals surface area contributed by atoms with E-state index < -0.39 is 0 Å². The molecular weight excluding hydrogens is 192 g/mol. The van der Waals surface area contributed by atoms with Gasteiger partial charge < -0.3 is 0 Å². The van der Waals surface area contributed by atoms with Crippen LogP contribution in [0.3, 0.4) is 0 Å². The summed E-state index contributed by atoms with van der Waals surface area (Å²) < 4.78 is 0. The summed E-state index contributed by atoms with van der Waals surface area (Å²) in [7, 11) is 0. The Hall–Kier alpha value is -0.260. The van der Waals surface area contributed by atoms with Crippen LogP contribution in [0.4, 0.5) is 0 Å². The summed E-state index contributed by atoms with van der Waals surface area (Å²) >= 11 is 0. The number of rotatable bonds is 6. The van der Waals surface area contributed by atoms with Crippen molar-refractivity contribution < 1.29 is 0 Å². The molecule has 0 rings (SSSR count). The molecule has 0 nitrogen and oxygen atoms in total. The normalized spacial score (nSPS) is 14.9. The van der Waals surface area contributed by atoms with E-state index >= 15 is 0 Å². The molecule has 1 atom stereocenters. The molecule has 0 aliphatic carbocycles. The molecule has 1 unspecified atom stereocenters. The molecule has 0 aromatic carbocycles. The zero-order chi connectivity index (χ0) is 13.0. The average Bonchev–Trinajstić information content (AvgIpc) is 1.97. The summed E-state index contributed by atoms with van der Waals surface area (Å²) in [5, 5.41) is 0. The Morgan fingerprint density at radius 3 is 2.00 bits per heavy atom. The summed E-state index contributed by atoms with van der Waals surface area (Å²) in [4.78, 5) is 0. The van der Waals surface area contributed by atoms with Crippen molar-refractivity contribution in [2.75, 3.05) is 0 Å². The molecule has 0 amide bonds. The zero-order valence-corrected chi connectivity index (χ0v) is 12.6. The van der Waals surface area contributed by atoms with Gasteiger partial charge in [0.1, 0.15) is 0 Å². The van der Waals surface area contributed by atoms with E-state index in [1.165, 1.54) is 31.3 Å². The van der Waals surface area contributed by atoms with Crippen molar-refractivity contribution >= 4 is 0 Å². The lowest BCUT2D eigenvalue weighted by Gasteiger charge is -2.33. The van der Waals surface area contributed by atoms with Gasteiger partial charge in [-0.2, -0.15) is 0 Å². The Labute approximate surface area is 104 Å². The van der Waals surface area contributed by atoms with E-state index in [-0.39, 0.29) is 0 Å². The lowest BCUT2D eigenvalue weighted by Crippen LogP contribution is -2.21. The second-order valence-electron chi connectivity index (χ2n) is 7.55. The lowest BCUT2D eigenvalue weighted by atomic mass is 9.72. The van der Waals surface area contributed by atoms with Crippen LogP contribution in [0.15, 0.2) is 12.2 Å². The van der Waals surface area contributed by atoms with E-state index in [9.17, 15) is 0 Å². The third-order valence-corrected chi connectivity index (χ3v) is 3.07. The highest BCUT2D eigenvalue weighted by molar-refractivity contribution is 5.00. The molecule has 0 spiro atoms. The fourth-order valence-electron chi connectivity index (χ4n) is 2.88. The minimum absolute atomic E-state index is 0.392. The Balaban J connectivity index is 4.20. The number of hydrogen-bond donors (Lipinski definition) is 0. The smallest absolute Gasteiger partial charge is 0.0271 e. The van der Waals surface area contributed by atoms with Crippen molar-refractivity contribution in [1.82, 2.24) is 0 Å². The van der Waals surface area contributed by atoms with Crippen molar-refractivity contribution in [2.45, 2.75) is 74.1 Å². The van der Waals surface area contributed by atoms with Crippen molar-refractivity contribution in [3.63, 3.8) is 0 Å². The maximum atomic E-state index is 4.26. The monoisotopic (exact) mass is 224 g/mol. The lowest BCUT2D eigenvalue weighted by molar-refractivity contribution is 0.209. The van der Waals surface area contributed by atoms with Gasteiger partial charge in [-0.05, 0) is 36.0 Å². The molecule has 0 aliphatic heterocycles. The number of hydrogen-bond acceptors (Lipinski definition) is 0. The molecule has 0 heterocycles. The van der Waals surface area contributed by atoms with Gasteiger partial charge in [-0.1, -0.05) is 67.0 Å². The summed E-state index contributed by atoms with van der Waals surface area (Å²) in [5.74, 6) is 0.790. The molecule has 0 N–H and O–H groups in total. The molecular formula is C16H32. The van der Waals surface area contributed by atoms with Crippen molar-refractivity contribution in [3.8, 4) is 0 Å². The SMILES string of the molecule is C=C(CC(C)CC)CC(C)(C)CC(C)(C)C. The average molecular weight is 224 g/mol. The Kier molecular flexibility index (Phi) is 5.79. The summed E-state index contributed by atoms with van der Waals surface area (Å²) in [5.41, 5.74) is 2.24. The second kappa shape index (κ2) is 5.89. The standard InChI is InChI=1S/C16H32/c1-9-13(2)10-14(3)11-16(7,8)12-15(4,5)6/h13H,3,9-12H2,1-2,4-8H3. The highest BCUT2D eigenvalue weighted by Gasteiger charge is 2.26. The van der Waals surface area contributed by atoms with Gasteiger partial charge in [-0.15, -0.1) is 0 Å². The van der Waals surface area contributed by atoms with Crippen LogP contribution in [-0.4, -0.2) is 0 Å². The largest absolute Gasteiger partial charge is 0.0998 e. The van der Waals surface area contributed by atoms with E-state index in [0.29, 0.717) is 10.8 Å². The maximum absolute atomic E-state index is 4.26. The summed E-state index contributed by atoms with van der Waals surface area (Å²) in [6.07, 6.45) is 4.90. The molecule has 0 aliphatic rings. The fraction of sp³-hybridized carbons (Fsp3) is 0.875. The Morgan fingerprint density at radius 2 is 1.62 bits per heavy atom. The zero-order valence-electron chi connectivity index (χ0n) is 12.6. The quantitative estimate of drug-likeness (QED) is 0.498. The van der Waals surface area contributed by atoms with Crippen LogP contribution < -0.4 is 0 Å². The molecule has 0 aromatic heterocycles. The van der Waals surface area contributed by atoms with Crippen LogP contribution in [0.2, 0.25) is 0 Å². The van der Waals surface area contributed by atoms with E-state index in [2.05, 4.69) is 55.0 Å². The predicted molar refractivity (Wildman–Crippen MR) is 75.7 cm³/mol.